The van der Waals surface area contributed by atoms with Crippen LogP contribution in [-0.2, 0) is 4.79 Å². The monoisotopic (exact) mass is 153 g/mol. The van der Waals surface area contributed by atoms with Crippen molar-refractivity contribution in [1.82, 2.24) is 5.32 Å². The van der Waals surface area contributed by atoms with Gasteiger partial charge in [0.15, 0.2) is 0 Å². The van der Waals surface area contributed by atoms with E-state index in [1.165, 1.54) is 0 Å². The van der Waals surface area contributed by atoms with Gasteiger partial charge in [0.25, 0.3) is 0 Å². The standard InChI is InChI=1S/C9H15NO/c1-6(2)8-4-7(3)10-9(11)5-8/h6,8H,3-5H2,1-2H3,(H,10,11). The molecular weight excluding hydrogens is 138 g/mol. The molecule has 1 amide bonds. The van der Waals surface area contributed by atoms with E-state index < -0.39 is 0 Å². The maximum atomic E-state index is 11.0. The molecule has 1 fully saturated rings. The topological polar surface area (TPSA) is 29.1 Å². The molecule has 1 atom stereocenters. The van der Waals surface area contributed by atoms with E-state index in [-0.39, 0.29) is 5.91 Å². The lowest BCUT2D eigenvalue weighted by Gasteiger charge is -2.26. The van der Waals surface area contributed by atoms with Gasteiger partial charge in [-0.1, -0.05) is 20.4 Å². The first-order valence-corrected chi connectivity index (χ1v) is 4.07. The molecule has 62 valence electrons. The Morgan fingerprint density at radius 3 is 2.64 bits per heavy atom. The highest BCUT2D eigenvalue weighted by molar-refractivity contribution is 5.79. The van der Waals surface area contributed by atoms with Gasteiger partial charge < -0.3 is 5.32 Å². The van der Waals surface area contributed by atoms with Crippen molar-refractivity contribution >= 4 is 5.91 Å². The lowest BCUT2D eigenvalue weighted by atomic mass is 9.86. The first-order valence-electron chi connectivity index (χ1n) is 4.07. The van der Waals surface area contributed by atoms with Crippen LogP contribution in [0.5, 0.6) is 0 Å². The van der Waals surface area contributed by atoms with Crippen LogP contribution in [0.3, 0.4) is 0 Å². The lowest BCUT2D eigenvalue weighted by Crippen LogP contribution is -2.33. The molecule has 1 saturated heterocycles. The predicted octanol–water partition coefficient (Wildman–Crippen LogP) is 1.68. The third-order valence-corrected chi connectivity index (χ3v) is 2.22. The molecule has 1 aliphatic heterocycles. The normalized spacial score (nSPS) is 25.5. The molecule has 0 aromatic heterocycles. The number of amides is 1. The van der Waals surface area contributed by atoms with Gasteiger partial charge in [0.1, 0.15) is 0 Å². The molecular formula is C9H15NO. The summed E-state index contributed by atoms with van der Waals surface area (Å²) in [6.07, 6.45) is 1.61. The van der Waals surface area contributed by atoms with Gasteiger partial charge >= 0.3 is 0 Å². The Labute approximate surface area is 67.7 Å². The molecule has 1 heterocycles. The Hall–Kier alpha value is -0.790. The van der Waals surface area contributed by atoms with Crippen LogP contribution in [0.15, 0.2) is 12.3 Å². The SMILES string of the molecule is C=C1CC(C(C)C)CC(=O)N1. The van der Waals surface area contributed by atoms with E-state index in [4.69, 9.17) is 0 Å². The highest BCUT2D eigenvalue weighted by atomic mass is 16.1. The van der Waals surface area contributed by atoms with E-state index in [1.807, 2.05) is 0 Å². The summed E-state index contributed by atoms with van der Waals surface area (Å²) < 4.78 is 0. The van der Waals surface area contributed by atoms with Crippen molar-refractivity contribution in [3.05, 3.63) is 12.3 Å². The third-order valence-electron chi connectivity index (χ3n) is 2.22. The second-order valence-corrected chi connectivity index (χ2v) is 3.56. The lowest BCUT2D eigenvalue weighted by molar-refractivity contribution is -0.122. The van der Waals surface area contributed by atoms with Crippen molar-refractivity contribution in [2.45, 2.75) is 26.7 Å². The number of hydrogen-bond donors (Lipinski definition) is 1. The van der Waals surface area contributed by atoms with Crippen molar-refractivity contribution in [3.8, 4) is 0 Å². The summed E-state index contributed by atoms with van der Waals surface area (Å²) in [5.74, 6) is 1.20. The number of hydrogen-bond acceptors (Lipinski definition) is 1. The van der Waals surface area contributed by atoms with Gasteiger partial charge in [-0.25, -0.2) is 0 Å². The fourth-order valence-corrected chi connectivity index (χ4v) is 1.40. The number of allylic oxidation sites excluding steroid dienone is 1. The summed E-state index contributed by atoms with van der Waals surface area (Å²) in [4.78, 5) is 11.0. The van der Waals surface area contributed by atoms with Gasteiger partial charge in [0.2, 0.25) is 5.91 Å². The molecule has 1 aliphatic rings. The Bertz CT molecular complexity index is 168. The smallest absolute Gasteiger partial charge is 0.224 e. The predicted molar refractivity (Wildman–Crippen MR) is 44.8 cm³/mol. The second-order valence-electron chi connectivity index (χ2n) is 3.56. The zero-order chi connectivity index (χ0) is 8.43. The Balaban J connectivity index is 2.56. The summed E-state index contributed by atoms with van der Waals surface area (Å²) in [7, 11) is 0. The minimum Gasteiger partial charge on any atom is -0.330 e. The maximum absolute atomic E-state index is 11.0. The average Bonchev–Trinajstić information content (AvgIpc) is 1.85. The summed E-state index contributed by atoms with van der Waals surface area (Å²) in [6, 6.07) is 0. The van der Waals surface area contributed by atoms with Crippen LogP contribution in [0.2, 0.25) is 0 Å². The van der Waals surface area contributed by atoms with E-state index in [9.17, 15) is 4.79 Å². The molecule has 2 nitrogen and oxygen atoms in total. The summed E-state index contributed by atoms with van der Waals surface area (Å²) in [6.45, 7) is 8.06. The largest absolute Gasteiger partial charge is 0.330 e. The molecule has 1 N–H and O–H groups in total. The van der Waals surface area contributed by atoms with Crippen molar-refractivity contribution in [2.24, 2.45) is 11.8 Å². The quantitative estimate of drug-likeness (QED) is 0.610. The molecule has 0 aromatic rings. The van der Waals surface area contributed by atoms with Gasteiger partial charge in [0.05, 0.1) is 0 Å². The second kappa shape index (κ2) is 3.07. The van der Waals surface area contributed by atoms with Gasteiger partial charge in [-0.05, 0) is 18.3 Å². The Kier molecular flexibility index (Phi) is 2.32. The summed E-state index contributed by atoms with van der Waals surface area (Å²) >= 11 is 0. The van der Waals surface area contributed by atoms with E-state index >= 15 is 0 Å². The zero-order valence-corrected chi connectivity index (χ0v) is 7.18. The van der Waals surface area contributed by atoms with Crippen LogP contribution in [0.1, 0.15) is 26.7 Å². The van der Waals surface area contributed by atoms with Crippen LogP contribution in [0.25, 0.3) is 0 Å². The van der Waals surface area contributed by atoms with E-state index in [0.29, 0.717) is 18.3 Å². The van der Waals surface area contributed by atoms with Crippen molar-refractivity contribution in [2.75, 3.05) is 0 Å². The van der Waals surface area contributed by atoms with Crippen molar-refractivity contribution in [3.63, 3.8) is 0 Å². The maximum Gasteiger partial charge on any atom is 0.224 e. The highest BCUT2D eigenvalue weighted by Crippen LogP contribution is 2.25. The first kappa shape index (κ1) is 8.31. The summed E-state index contributed by atoms with van der Waals surface area (Å²) in [5.41, 5.74) is 0.875. The first-order chi connectivity index (χ1) is 5.09. The molecule has 0 aliphatic carbocycles. The third kappa shape index (κ3) is 2.07. The van der Waals surface area contributed by atoms with Gasteiger partial charge in [-0.2, -0.15) is 0 Å². The fourth-order valence-electron chi connectivity index (χ4n) is 1.40. The molecule has 11 heavy (non-hydrogen) atoms. The Morgan fingerprint density at radius 1 is 1.55 bits per heavy atom. The van der Waals surface area contributed by atoms with E-state index in [0.717, 1.165) is 12.1 Å². The minimum absolute atomic E-state index is 0.125. The number of nitrogens with one attached hydrogen (secondary N) is 1. The highest BCUT2D eigenvalue weighted by Gasteiger charge is 2.23. The van der Waals surface area contributed by atoms with Gasteiger partial charge in [-0.3, -0.25) is 4.79 Å². The minimum atomic E-state index is 0.125. The fraction of sp³-hybridized carbons (Fsp3) is 0.667. The molecule has 0 saturated carbocycles. The van der Waals surface area contributed by atoms with Crippen molar-refractivity contribution < 1.29 is 4.79 Å². The molecule has 0 aromatic carbocycles. The van der Waals surface area contributed by atoms with Crippen LogP contribution in [0.4, 0.5) is 0 Å². The van der Waals surface area contributed by atoms with Crippen LogP contribution in [-0.4, -0.2) is 5.91 Å². The van der Waals surface area contributed by atoms with Crippen LogP contribution in [0, 0.1) is 11.8 Å². The van der Waals surface area contributed by atoms with Gasteiger partial charge in [-0.15, -0.1) is 0 Å². The van der Waals surface area contributed by atoms with Crippen molar-refractivity contribution in [1.29, 1.82) is 0 Å². The molecule has 1 rings (SSSR count). The number of piperidine rings is 1. The van der Waals surface area contributed by atoms with Crippen LogP contribution < -0.4 is 5.32 Å². The number of carbonyl (C=O) groups is 1. The molecule has 1 unspecified atom stereocenters. The van der Waals surface area contributed by atoms with E-state index in [1.54, 1.807) is 0 Å². The van der Waals surface area contributed by atoms with E-state index in [2.05, 4.69) is 25.7 Å². The number of rotatable bonds is 1. The summed E-state index contributed by atoms with van der Waals surface area (Å²) in [5, 5.41) is 2.73. The molecule has 0 bridgehead atoms. The number of carbonyl (C=O) groups excluding carboxylic acids is 1. The molecule has 2 heteroatoms. The van der Waals surface area contributed by atoms with Crippen LogP contribution >= 0.6 is 0 Å². The Morgan fingerprint density at radius 2 is 2.18 bits per heavy atom. The molecule has 0 radical (unpaired) electrons. The zero-order valence-electron chi connectivity index (χ0n) is 7.18. The molecule has 0 spiro atoms. The average molecular weight is 153 g/mol. The van der Waals surface area contributed by atoms with Gasteiger partial charge in [0, 0.05) is 12.1 Å².